The maximum Gasteiger partial charge on any atom is 0.422 e. The van der Waals surface area contributed by atoms with Gasteiger partial charge in [-0.05, 0) is 24.3 Å². The van der Waals surface area contributed by atoms with E-state index in [9.17, 15) is 27.6 Å². The third-order valence-corrected chi connectivity index (χ3v) is 4.46. The van der Waals surface area contributed by atoms with Crippen molar-refractivity contribution in [2.45, 2.75) is 12.8 Å². The Balaban J connectivity index is 2.02. The van der Waals surface area contributed by atoms with Gasteiger partial charge >= 0.3 is 11.9 Å². The third kappa shape index (κ3) is 5.16. The van der Waals surface area contributed by atoms with Gasteiger partial charge in [0.1, 0.15) is 30.0 Å². The van der Waals surface area contributed by atoms with Crippen LogP contribution in [-0.2, 0) is 13.7 Å². The van der Waals surface area contributed by atoms with Gasteiger partial charge in [-0.3, -0.25) is 4.57 Å². The van der Waals surface area contributed by atoms with E-state index in [0.29, 0.717) is 0 Å². The van der Waals surface area contributed by atoms with Gasteiger partial charge < -0.3 is 9.47 Å². The van der Waals surface area contributed by atoms with Gasteiger partial charge in [-0.1, -0.05) is 11.6 Å². The molecule has 0 spiro atoms. The van der Waals surface area contributed by atoms with Crippen LogP contribution in [0, 0.1) is 17.1 Å². The standard InChI is InChI=1S/C19H13ClF4N4O3/c1-28-17(26-27-18(28)29)8-30-16-6-14(20)10(7-25)4-13(16)12-5-11(2-3-15(12)21)31-9-19(22,23)24/h2-6H,8-9H2,1H3,(H,27,29). The molecule has 2 aromatic carbocycles. The molecule has 0 aliphatic carbocycles. The van der Waals surface area contributed by atoms with Crippen molar-refractivity contribution in [1.82, 2.24) is 14.8 Å². The molecule has 7 nitrogen and oxygen atoms in total. The molecule has 0 unspecified atom stereocenters. The number of ether oxygens (including phenoxy) is 2. The highest BCUT2D eigenvalue weighted by Crippen LogP contribution is 2.38. The number of alkyl halides is 3. The molecule has 0 radical (unpaired) electrons. The minimum Gasteiger partial charge on any atom is -0.485 e. The lowest BCUT2D eigenvalue weighted by molar-refractivity contribution is -0.153. The number of benzene rings is 2. The smallest absolute Gasteiger partial charge is 0.422 e. The maximum atomic E-state index is 14.6. The van der Waals surface area contributed by atoms with E-state index in [1.54, 1.807) is 0 Å². The topological polar surface area (TPSA) is 92.9 Å². The van der Waals surface area contributed by atoms with E-state index in [1.807, 2.05) is 6.07 Å². The van der Waals surface area contributed by atoms with Crippen molar-refractivity contribution in [2.75, 3.05) is 6.61 Å². The monoisotopic (exact) mass is 456 g/mol. The van der Waals surface area contributed by atoms with Crippen LogP contribution in [-0.4, -0.2) is 27.5 Å². The van der Waals surface area contributed by atoms with Crippen LogP contribution in [0.3, 0.4) is 0 Å². The maximum absolute atomic E-state index is 14.6. The Hall–Kier alpha value is -3.52. The summed E-state index contributed by atoms with van der Waals surface area (Å²) in [5, 5.41) is 15.3. The molecule has 162 valence electrons. The fourth-order valence-corrected chi connectivity index (χ4v) is 2.78. The average molecular weight is 457 g/mol. The molecule has 0 amide bonds. The molecule has 0 bridgehead atoms. The van der Waals surface area contributed by atoms with Gasteiger partial charge in [-0.15, -0.1) is 0 Å². The molecule has 3 rings (SSSR count). The van der Waals surface area contributed by atoms with Gasteiger partial charge in [0.15, 0.2) is 12.4 Å². The van der Waals surface area contributed by atoms with E-state index < -0.39 is 24.3 Å². The lowest BCUT2D eigenvalue weighted by Gasteiger charge is -2.15. The number of nitrogens with one attached hydrogen (secondary N) is 1. The average Bonchev–Trinajstić information content (AvgIpc) is 3.03. The molecule has 1 heterocycles. The summed E-state index contributed by atoms with van der Waals surface area (Å²) in [5.74, 6) is -0.782. The van der Waals surface area contributed by atoms with Crippen molar-refractivity contribution in [3.05, 3.63) is 63.0 Å². The molecule has 0 atom stereocenters. The van der Waals surface area contributed by atoms with Crippen molar-refractivity contribution < 1.29 is 27.0 Å². The van der Waals surface area contributed by atoms with E-state index >= 15 is 0 Å². The number of hydrogen-bond acceptors (Lipinski definition) is 5. The fourth-order valence-electron chi connectivity index (χ4n) is 2.59. The minimum absolute atomic E-state index is 0.00259. The number of hydrogen-bond donors (Lipinski definition) is 1. The van der Waals surface area contributed by atoms with Crippen molar-refractivity contribution in [3.8, 4) is 28.7 Å². The van der Waals surface area contributed by atoms with Crippen LogP contribution in [0.25, 0.3) is 11.1 Å². The van der Waals surface area contributed by atoms with Crippen molar-refractivity contribution in [3.63, 3.8) is 0 Å². The second-order valence-corrected chi connectivity index (χ2v) is 6.69. The number of halogens is 5. The SMILES string of the molecule is Cn1c(COc2cc(Cl)c(C#N)cc2-c2cc(OCC(F)(F)F)ccc2F)n[nH]c1=O. The van der Waals surface area contributed by atoms with E-state index in [2.05, 4.69) is 14.9 Å². The minimum atomic E-state index is -4.57. The van der Waals surface area contributed by atoms with E-state index in [1.165, 1.54) is 23.7 Å². The lowest BCUT2D eigenvalue weighted by Crippen LogP contribution is -2.19. The molecule has 0 saturated heterocycles. The summed E-state index contributed by atoms with van der Waals surface area (Å²) in [5.41, 5.74) is -0.593. The summed E-state index contributed by atoms with van der Waals surface area (Å²) < 4.78 is 63.4. The first-order valence-corrected chi connectivity index (χ1v) is 8.93. The normalized spacial score (nSPS) is 11.3. The predicted molar refractivity (Wildman–Crippen MR) is 101 cm³/mol. The van der Waals surface area contributed by atoms with E-state index in [-0.39, 0.29) is 45.6 Å². The second-order valence-electron chi connectivity index (χ2n) is 6.28. The summed E-state index contributed by atoms with van der Waals surface area (Å²) in [6.07, 6.45) is -4.57. The Morgan fingerprint density at radius 2 is 1.97 bits per heavy atom. The molecule has 1 aromatic heterocycles. The molecule has 12 heteroatoms. The Bertz CT molecular complexity index is 1210. The van der Waals surface area contributed by atoms with Gasteiger partial charge in [0.05, 0.1) is 10.6 Å². The number of nitrogens with zero attached hydrogens (tertiary/aromatic N) is 3. The molecule has 3 aromatic rings. The van der Waals surface area contributed by atoms with Crippen LogP contribution in [0.1, 0.15) is 11.4 Å². The zero-order chi connectivity index (χ0) is 22.8. The highest BCUT2D eigenvalue weighted by Gasteiger charge is 2.28. The van der Waals surface area contributed by atoms with Crippen molar-refractivity contribution >= 4 is 11.6 Å². The van der Waals surface area contributed by atoms with Gasteiger partial charge in [0.2, 0.25) is 0 Å². The largest absolute Gasteiger partial charge is 0.485 e. The number of nitriles is 1. The molecular formula is C19H13ClF4N4O3. The van der Waals surface area contributed by atoms with Crippen LogP contribution in [0.2, 0.25) is 5.02 Å². The summed E-state index contributed by atoms with van der Waals surface area (Å²) in [6, 6.07) is 7.39. The lowest BCUT2D eigenvalue weighted by atomic mass is 10.0. The Morgan fingerprint density at radius 1 is 1.23 bits per heavy atom. The Morgan fingerprint density at radius 3 is 2.58 bits per heavy atom. The summed E-state index contributed by atoms with van der Waals surface area (Å²) >= 11 is 6.05. The zero-order valence-electron chi connectivity index (χ0n) is 15.8. The van der Waals surface area contributed by atoms with Gasteiger partial charge in [-0.25, -0.2) is 14.3 Å². The molecule has 0 fully saturated rings. The van der Waals surface area contributed by atoms with Crippen LogP contribution >= 0.6 is 11.6 Å². The third-order valence-electron chi connectivity index (χ3n) is 4.15. The van der Waals surface area contributed by atoms with Gasteiger partial charge in [-0.2, -0.15) is 23.5 Å². The molecule has 0 aliphatic heterocycles. The van der Waals surface area contributed by atoms with Crippen LogP contribution in [0.15, 0.2) is 35.1 Å². The van der Waals surface area contributed by atoms with E-state index in [0.717, 1.165) is 18.2 Å². The number of aromatic amines is 1. The second kappa shape index (κ2) is 8.69. The van der Waals surface area contributed by atoms with E-state index in [4.69, 9.17) is 16.3 Å². The van der Waals surface area contributed by atoms with Crippen LogP contribution in [0.4, 0.5) is 17.6 Å². The van der Waals surface area contributed by atoms with Crippen molar-refractivity contribution in [2.24, 2.45) is 7.05 Å². The van der Waals surface area contributed by atoms with Gasteiger partial charge in [0, 0.05) is 24.2 Å². The Labute approximate surface area is 177 Å². The quantitative estimate of drug-likeness (QED) is 0.567. The first-order chi connectivity index (χ1) is 14.6. The highest BCUT2D eigenvalue weighted by molar-refractivity contribution is 6.32. The molecule has 0 saturated carbocycles. The molecule has 31 heavy (non-hydrogen) atoms. The summed E-state index contributed by atoms with van der Waals surface area (Å²) in [4.78, 5) is 11.5. The zero-order valence-corrected chi connectivity index (χ0v) is 16.5. The first kappa shape index (κ1) is 22.2. The highest BCUT2D eigenvalue weighted by atomic mass is 35.5. The number of H-pyrrole nitrogens is 1. The van der Waals surface area contributed by atoms with Crippen molar-refractivity contribution in [1.29, 1.82) is 5.26 Å². The molecule has 0 aliphatic rings. The summed E-state index contributed by atoms with van der Waals surface area (Å²) in [6.45, 7) is -1.77. The molecule has 1 N–H and O–H groups in total. The number of rotatable bonds is 6. The van der Waals surface area contributed by atoms with Crippen LogP contribution in [0.5, 0.6) is 11.5 Å². The predicted octanol–water partition coefficient (Wildman–Crippen LogP) is 3.96. The Kier molecular flexibility index (Phi) is 6.21. The molecular weight excluding hydrogens is 444 g/mol. The number of aromatic nitrogens is 3. The van der Waals surface area contributed by atoms with Crippen LogP contribution < -0.4 is 15.2 Å². The summed E-state index contributed by atoms with van der Waals surface area (Å²) in [7, 11) is 1.46. The van der Waals surface area contributed by atoms with Gasteiger partial charge in [0.25, 0.3) is 0 Å². The fraction of sp³-hybridized carbons (Fsp3) is 0.211. The first-order valence-electron chi connectivity index (χ1n) is 8.55.